The molecule has 6 heteroatoms. The van der Waals surface area contributed by atoms with Gasteiger partial charge in [-0.15, -0.1) is 0 Å². The lowest BCUT2D eigenvalue weighted by molar-refractivity contribution is 0.0458. The molecule has 3 heterocycles. The number of ether oxygens (including phenoxy) is 1. The van der Waals surface area contributed by atoms with Gasteiger partial charge in [0, 0.05) is 44.6 Å². The third kappa shape index (κ3) is 4.97. The number of piperidine rings is 2. The molecular formula is C18H30N4O2. The van der Waals surface area contributed by atoms with Crippen molar-refractivity contribution in [2.75, 3.05) is 32.8 Å². The van der Waals surface area contributed by atoms with Crippen molar-refractivity contribution in [1.29, 1.82) is 0 Å². The van der Waals surface area contributed by atoms with Crippen molar-refractivity contribution in [3.05, 3.63) is 18.7 Å². The maximum Gasteiger partial charge on any atom is 0.409 e. The number of hydrogen-bond acceptors (Lipinski definition) is 4. The highest BCUT2D eigenvalue weighted by molar-refractivity contribution is 5.67. The number of amides is 1. The highest BCUT2D eigenvalue weighted by atomic mass is 16.6. The summed E-state index contributed by atoms with van der Waals surface area (Å²) < 4.78 is 7.75. The Labute approximate surface area is 144 Å². The van der Waals surface area contributed by atoms with Crippen LogP contribution in [0.25, 0.3) is 0 Å². The average molecular weight is 334 g/mol. The van der Waals surface area contributed by atoms with E-state index in [1.807, 2.05) is 23.6 Å². The Balaban J connectivity index is 1.40. The summed E-state index contributed by atoms with van der Waals surface area (Å²) in [6.45, 7) is 5.44. The first-order chi connectivity index (χ1) is 11.8. The summed E-state index contributed by atoms with van der Waals surface area (Å²) >= 11 is 0. The number of aryl methyl sites for hydroxylation is 1. The van der Waals surface area contributed by atoms with Gasteiger partial charge < -0.3 is 14.2 Å². The van der Waals surface area contributed by atoms with Crippen molar-refractivity contribution in [1.82, 2.24) is 19.4 Å². The molecule has 1 unspecified atom stereocenters. The van der Waals surface area contributed by atoms with Crippen LogP contribution in [0.3, 0.4) is 0 Å². The van der Waals surface area contributed by atoms with E-state index >= 15 is 0 Å². The maximum absolute atomic E-state index is 12.2. The minimum Gasteiger partial charge on any atom is -0.448 e. The highest BCUT2D eigenvalue weighted by Crippen LogP contribution is 2.18. The first-order valence-electron chi connectivity index (χ1n) is 9.44. The van der Waals surface area contributed by atoms with Crippen LogP contribution in [0.15, 0.2) is 18.7 Å². The van der Waals surface area contributed by atoms with Gasteiger partial charge in [0.2, 0.25) is 0 Å². The minimum atomic E-state index is -0.112. The van der Waals surface area contributed by atoms with Crippen LogP contribution in [0.2, 0.25) is 0 Å². The molecule has 134 valence electrons. The van der Waals surface area contributed by atoms with Gasteiger partial charge in [0.25, 0.3) is 0 Å². The normalized spacial score (nSPS) is 22.5. The molecule has 0 bridgehead atoms. The molecule has 1 atom stereocenters. The summed E-state index contributed by atoms with van der Waals surface area (Å²) in [7, 11) is 0. The zero-order valence-electron chi connectivity index (χ0n) is 14.6. The summed E-state index contributed by atoms with van der Waals surface area (Å²) in [5.74, 6) is 0. The van der Waals surface area contributed by atoms with Crippen molar-refractivity contribution in [2.24, 2.45) is 0 Å². The molecule has 2 fully saturated rings. The first kappa shape index (κ1) is 17.3. The molecule has 0 aromatic carbocycles. The molecular weight excluding hydrogens is 304 g/mol. The third-order valence-electron chi connectivity index (χ3n) is 5.18. The van der Waals surface area contributed by atoms with Gasteiger partial charge in [-0.3, -0.25) is 4.90 Å². The maximum atomic E-state index is 12.2. The lowest BCUT2D eigenvalue weighted by atomic mass is 10.0. The van der Waals surface area contributed by atoms with E-state index in [1.165, 1.54) is 19.3 Å². The standard InChI is InChI=1S/C18H30N4O2/c23-18(22-11-3-1-4-12-22)24-15-17-7-2-5-10-21(17)13-6-9-20-14-8-19-16-20/h8,14,16-17H,1-7,9-13,15H2. The summed E-state index contributed by atoms with van der Waals surface area (Å²) in [6.07, 6.45) is 13.8. The van der Waals surface area contributed by atoms with Crippen LogP contribution in [0.1, 0.15) is 44.9 Å². The molecule has 0 N–H and O–H groups in total. The second kappa shape index (κ2) is 9.06. The molecule has 1 aromatic rings. The van der Waals surface area contributed by atoms with E-state index in [2.05, 4.69) is 14.5 Å². The van der Waals surface area contributed by atoms with E-state index in [9.17, 15) is 4.79 Å². The Hall–Kier alpha value is -1.56. The van der Waals surface area contributed by atoms with Crippen molar-refractivity contribution < 1.29 is 9.53 Å². The van der Waals surface area contributed by atoms with Gasteiger partial charge in [-0.05, 0) is 45.1 Å². The molecule has 0 radical (unpaired) electrons. The lowest BCUT2D eigenvalue weighted by Crippen LogP contribution is -2.45. The number of hydrogen-bond donors (Lipinski definition) is 0. The number of carbonyl (C=O) groups excluding carboxylic acids is 1. The SMILES string of the molecule is O=C(OCC1CCCCN1CCCn1ccnc1)N1CCCCC1. The number of aromatic nitrogens is 2. The van der Waals surface area contributed by atoms with Crippen molar-refractivity contribution in [3.63, 3.8) is 0 Å². The van der Waals surface area contributed by atoms with Crippen LogP contribution in [-0.4, -0.2) is 64.3 Å². The Morgan fingerprint density at radius 1 is 1.08 bits per heavy atom. The van der Waals surface area contributed by atoms with Gasteiger partial charge in [-0.2, -0.15) is 0 Å². The highest BCUT2D eigenvalue weighted by Gasteiger charge is 2.25. The molecule has 3 rings (SSSR count). The molecule has 6 nitrogen and oxygen atoms in total. The van der Waals surface area contributed by atoms with E-state index in [0.717, 1.165) is 58.4 Å². The Morgan fingerprint density at radius 3 is 2.71 bits per heavy atom. The average Bonchev–Trinajstić information content (AvgIpc) is 3.15. The quantitative estimate of drug-likeness (QED) is 0.803. The van der Waals surface area contributed by atoms with Crippen LogP contribution in [0.4, 0.5) is 4.79 Å². The minimum absolute atomic E-state index is 0.112. The Morgan fingerprint density at radius 2 is 1.92 bits per heavy atom. The summed E-state index contributed by atoms with van der Waals surface area (Å²) in [5.41, 5.74) is 0. The molecule has 0 spiro atoms. The largest absolute Gasteiger partial charge is 0.448 e. The van der Waals surface area contributed by atoms with E-state index in [-0.39, 0.29) is 6.09 Å². The van der Waals surface area contributed by atoms with Gasteiger partial charge in [0.1, 0.15) is 6.61 Å². The molecule has 1 aromatic heterocycles. The molecule has 1 amide bonds. The molecule has 2 aliphatic rings. The Bertz CT molecular complexity index is 485. The fourth-order valence-corrected chi connectivity index (χ4v) is 3.75. The molecule has 2 aliphatic heterocycles. The molecule has 2 saturated heterocycles. The van der Waals surface area contributed by atoms with Crippen molar-refractivity contribution in [2.45, 2.75) is 57.5 Å². The summed E-state index contributed by atoms with van der Waals surface area (Å²) in [6, 6.07) is 0.385. The predicted octanol–water partition coefficient (Wildman–Crippen LogP) is 2.75. The van der Waals surface area contributed by atoms with Crippen LogP contribution in [0.5, 0.6) is 0 Å². The monoisotopic (exact) mass is 334 g/mol. The molecule has 0 aliphatic carbocycles. The zero-order chi connectivity index (χ0) is 16.6. The van der Waals surface area contributed by atoms with Crippen LogP contribution in [-0.2, 0) is 11.3 Å². The number of imidazole rings is 1. The first-order valence-corrected chi connectivity index (χ1v) is 9.44. The van der Waals surface area contributed by atoms with E-state index in [1.54, 1.807) is 0 Å². The summed E-state index contributed by atoms with van der Waals surface area (Å²) in [5, 5.41) is 0. The van der Waals surface area contributed by atoms with Crippen LogP contribution in [0, 0.1) is 0 Å². The number of likely N-dealkylation sites (tertiary alicyclic amines) is 2. The predicted molar refractivity (Wildman–Crippen MR) is 92.8 cm³/mol. The number of carbonyl (C=O) groups is 1. The smallest absolute Gasteiger partial charge is 0.409 e. The van der Waals surface area contributed by atoms with Gasteiger partial charge in [0.05, 0.1) is 6.33 Å². The molecule has 24 heavy (non-hydrogen) atoms. The third-order valence-corrected chi connectivity index (χ3v) is 5.18. The van der Waals surface area contributed by atoms with Gasteiger partial charge >= 0.3 is 6.09 Å². The van der Waals surface area contributed by atoms with E-state index in [0.29, 0.717) is 12.6 Å². The van der Waals surface area contributed by atoms with E-state index in [4.69, 9.17) is 4.74 Å². The number of rotatable bonds is 6. The zero-order valence-corrected chi connectivity index (χ0v) is 14.6. The van der Waals surface area contributed by atoms with Crippen molar-refractivity contribution >= 4 is 6.09 Å². The van der Waals surface area contributed by atoms with Gasteiger partial charge in [0.15, 0.2) is 0 Å². The second-order valence-electron chi connectivity index (χ2n) is 6.96. The fourth-order valence-electron chi connectivity index (χ4n) is 3.75. The second-order valence-corrected chi connectivity index (χ2v) is 6.96. The van der Waals surface area contributed by atoms with Crippen LogP contribution < -0.4 is 0 Å². The molecule has 0 saturated carbocycles. The Kier molecular flexibility index (Phi) is 6.52. The van der Waals surface area contributed by atoms with Gasteiger partial charge in [-0.1, -0.05) is 6.42 Å². The van der Waals surface area contributed by atoms with Crippen LogP contribution >= 0.6 is 0 Å². The van der Waals surface area contributed by atoms with Gasteiger partial charge in [-0.25, -0.2) is 9.78 Å². The summed E-state index contributed by atoms with van der Waals surface area (Å²) in [4.78, 5) is 20.6. The fraction of sp³-hybridized carbons (Fsp3) is 0.778. The number of nitrogens with zero attached hydrogens (tertiary/aromatic N) is 4. The van der Waals surface area contributed by atoms with E-state index < -0.39 is 0 Å². The topological polar surface area (TPSA) is 50.6 Å². The van der Waals surface area contributed by atoms with Crippen molar-refractivity contribution in [3.8, 4) is 0 Å². The lowest BCUT2D eigenvalue weighted by Gasteiger charge is -2.36.